The van der Waals surface area contributed by atoms with Gasteiger partial charge in [-0.1, -0.05) is 23.1 Å². The van der Waals surface area contributed by atoms with Gasteiger partial charge in [0, 0.05) is 12.1 Å². The van der Waals surface area contributed by atoms with Gasteiger partial charge < -0.3 is 4.84 Å². The van der Waals surface area contributed by atoms with Crippen LogP contribution in [0.15, 0.2) is 18.2 Å². The molecule has 0 aliphatic rings. The molecule has 0 atom stereocenters. The lowest BCUT2D eigenvalue weighted by molar-refractivity contribution is -0.384. The molecule has 11 nitrogen and oxygen atoms in total. The minimum Gasteiger partial charge on any atom is -0.385 e. The number of nitro benzene ring substituents is 1. The Labute approximate surface area is 138 Å². The van der Waals surface area contributed by atoms with E-state index in [0.29, 0.717) is 16.2 Å². The standard InChI is InChI=1S/C12H11N7O4S/c1-2-11-15-16-12(24-11)13-10(20)6-23-18-9-5-7(19(21)22)3-4-8(9)14-17-18/h3-5H,2,6H2,1H3,(H,13,16,20). The van der Waals surface area contributed by atoms with Crippen molar-refractivity contribution in [1.29, 1.82) is 0 Å². The quantitative estimate of drug-likeness (QED) is 0.510. The lowest BCUT2D eigenvalue weighted by atomic mass is 10.3. The Bertz CT molecular complexity index is 906. The first kappa shape index (κ1) is 15.7. The summed E-state index contributed by atoms with van der Waals surface area (Å²) in [5.74, 6) is -0.456. The number of rotatable bonds is 6. The summed E-state index contributed by atoms with van der Waals surface area (Å²) in [5, 5.41) is 29.8. The first-order chi connectivity index (χ1) is 11.6. The van der Waals surface area contributed by atoms with Crippen LogP contribution in [0, 0.1) is 10.1 Å². The van der Waals surface area contributed by atoms with Gasteiger partial charge in [0.2, 0.25) is 5.13 Å². The average molecular weight is 349 g/mol. The predicted molar refractivity (Wildman–Crippen MR) is 83.5 cm³/mol. The van der Waals surface area contributed by atoms with Crippen LogP contribution in [-0.4, -0.2) is 42.8 Å². The molecule has 124 valence electrons. The smallest absolute Gasteiger partial charge is 0.271 e. The Kier molecular flexibility index (Phi) is 4.29. The van der Waals surface area contributed by atoms with E-state index in [4.69, 9.17) is 4.84 Å². The van der Waals surface area contributed by atoms with Gasteiger partial charge >= 0.3 is 0 Å². The molecule has 0 saturated heterocycles. The minimum absolute atomic E-state index is 0.125. The Hall–Kier alpha value is -3.15. The number of carbonyl (C=O) groups is 1. The summed E-state index contributed by atoms with van der Waals surface area (Å²) in [5.41, 5.74) is 0.582. The van der Waals surface area contributed by atoms with Gasteiger partial charge in [-0.15, -0.1) is 15.3 Å². The van der Waals surface area contributed by atoms with Crippen molar-refractivity contribution < 1.29 is 14.6 Å². The molecule has 0 spiro atoms. The fraction of sp³-hybridized carbons (Fsp3) is 0.250. The SMILES string of the molecule is CCc1nnc(NC(=O)COn2nnc3ccc([N+](=O)[O-])cc32)s1. The van der Waals surface area contributed by atoms with E-state index in [9.17, 15) is 14.9 Å². The largest absolute Gasteiger partial charge is 0.385 e. The van der Waals surface area contributed by atoms with Gasteiger partial charge in [-0.2, -0.15) is 0 Å². The van der Waals surface area contributed by atoms with Crippen molar-refractivity contribution in [3.05, 3.63) is 33.3 Å². The number of aryl methyl sites for hydroxylation is 1. The minimum atomic E-state index is -0.537. The molecule has 0 aliphatic carbocycles. The van der Waals surface area contributed by atoms with E-state index in [1.807, 2.05) is 6.92 Å². The van der Waals surface area contributed by atoms with Crippen LogP contribution in [0.3, 0.4) is 0 Å². The monoisotopic (exact) mass is 349 g/mol. The van der Waals surface area contributed by atoms with Crippen LogP contribution in [-0.2, 0) is 11.2 Å². The number of nitrogens with zero attached hydrogens (tertiary/aromatic N) is 6. The topological polar surface area (TPSA) is 138 Å². The average Bonchev–Trinajstić information content (AvgIpc) is 3.18. The van der Waals surface area contributed by atoms with Crippen molar-refractivity contribution >= 4 is 39.1 Å². The van der Waals surface area contributed by atoms with E-state index < -0.39 is 10.8 Å². The van der Waals surface area contributed by atoms with Crippen molar-refractivity contribution in [1.82, 2.24) is 25.4 Å². The number of amides is 1. The zero-order chi connectivity index (χ0) is 17.1. The second-order valence-electron chi connectivity index (χ2n) is 4.57. The molecule has 3 aromatic rings. The molecule has 0 bridgehead atoms. The molecule has 2 aromatic heterocycles. The summed E-state index contributed by atoms with van der Waals surface area (Å²) in [4.78, 5) is 28.3. The number of hydrogen-bond acceptors (Lipinski definition) is 9. The Morgan fingerprint density at radius 3 is 2.96 bits per heavy atom. The van der Waals surface area contributed by atoms with Gasteiger partial charge in [0.1, 0.15) is 16.0 Å². The molecule has 2 heterocycles. The van der Waals surface area contributed by atoms with Crippen LogP contribution in [0.2, 0.25) is 0 Å². The zero-order valence-corrected chi connectivity index (χ0v) is 13.2. The summed E-state index contributed by atoms with van der Waals surface area (Å²) in [6.45, 7) is 1.58. The van der Waals surface area contributed by atoms with Crippen LogP contribution in [0.4, 0.5) is 10.8 Å². The molecule has 0 unspecified atom stereocenters. The van der Waals surface area contributed by atoms with Crippen molar-refractivity contribution in [2.24, 2.45) is 0 Å². The third-order valence-electron chi connectivity index (χ3n) is 2.94. The molecule has 24 heavy (non-hydrogen) atoms. The molecule has 3 rings (SSSR count). The maximum atomic E-state index is 11.8. The molecular formula is C12H11N7O4S. The summed E-state index contributed by atoms with van der Waals surface area (Å²) in [6.07, 6.45) is 0.730. The highest BCUT2D eigenvalue weighted by Crippen LogP contribution is 2.18. The molecule has 1 aromatic carbocycles. The number of aromatic nitrogens is 5. The van der Waals surface area contributed by atoms with Gasteiger partial charge in [0.05, 0.1) is 4.92 Å². The van der Waals surface area contributed by atoms with Crippen LogP contribution >= 0.6 is 11.3 Å². The number of benzene rings is 1. The summed E-state index contributed by atoms with van der Waals surface area (Å²) >= 11 is 1.27. The third kappa shape index (κ3) is 3.27. The number of non-ortho nitro benzene ring substituents is 1. The van der Waals surface area contributed by atoms with Crippen LogP contribution in [0.5, 0.6) is 0 Å². The van der Waals surface area contributed by atoms with Crippen molar-refractivity contribution in [2.45, 2.75) is 13.3 Å². The highest BCUT2D eigenvalue weighted by atomic mass is 32.1. The number of fused-ring (bicyclic) bond motifs is 1. The van der Waals surface area contributed by atoms with E-state index in [1.54, 1.807) is 0 Å². The normalized spacial score (nSPS) is 10.7. The molecule has 0 radical (unpaired) electrons. The van der Waals surface area contributed by atoms with Gasteiger partial charge in [-0.05, 0) is 17.7 Å². The van der Waals surface area contributed by atoms with Crippen LogP contribution in [0.1, 0.15) is 11.9 Å². The second kappa shape index (κ2) is 6.54. The first-order valence-corrected chi connectivity index (χ1v) is 7.64. The fourth-order valence-corrected chi connectivity index (χ4v) is 2.51. The highest BCUT2D eigenvalue weighted by molar-refractivity contribution is 7.15. The lowest BCUT2D eigenvalue weighted by Crippen LogP contribution is -2.26. The molecule has 12 heteroatoms. The summed E-state index contributed by atoms with van der Waals surface area (Å²) < 4.78 is 0. The van der Waals surface area contributed by atoms with Gasteiger partial charge in [0.25, 0.3) is 11.6 Å². The molecule has 0 saturated carbocycles. The number of nitro groups is 1. The number of hydrogen-bond donors (Lipinski definition) is 1. The van der Waals surface area contributed by atoms with E-state index in [1.165, 1.54) is 29.5 Å². The summed E-state index contributed by atoms with van der Waals surface area (Å²) in [6, 6.07) is 4.04. The van der Waals surface area contributed by atoms with Crippen molar-refractivity contribution in [2.75, 3.05) is 11.9 Å². The van der Waals surface area contributed by atoms with Crippen molar-refractivity contribution in [3.63, 3.8) is 0 Å². The number of nitrogens with one attached hydrogen (secondary N) is 1. The molecule has 0 fully saturated rings. The maximum absolute atomic E-state index is 11.8. The Morgan fingerprint density at radius 2 is 2.25 bits per heavy atom. The van der Waals surface area contributed by atoms with E-state index in [2.05, 4.69) is 25.8 Å². The lowest BCUT2D eigenvalue weighted by Gasteiger charge is -2.04. The highest BCUT2D eigenvalue weighted by Gasteiger charge is 2.14. The Balaban J connectivity index is 1.67. The first-order valence-electron chi connectivity index (χ1n) is 6.82. The van der Waals surface area contributed by atoms with Crippen LogP contribution < -0.4 is 10.2 Å². The fourth-order valence-electron chi connectivity index (χ4n) is 1.82. The second-order valence-corrected chi connectivity index (χ2v) is 5.63. The maximum Gasteiger partial charge on any atom is 0.271 e. The summed E-state index contributed by atoms with van der Waals surface area (Å²) in [7, 11) is 0. The third-order valence-corrected chi connectivity index (χ3v) is 3.93. The Morgan fingerprint density at radius 1 is 1.42 bits per heavy atom. The van der Waals surface area contributed by atoms with Gasteiger partial charge in [-0.25, -0.2) is 0 Å². The van der Waals surface area contributed by atoms with Gasteiger partial charge in [0.15, 0.2) is 6.61 Å². The van der Waals surface area contributed by atoms with Gasteiger partial charge in [-0.3, -0.25) is 20.2 Å². The molecule has 1 amide bonds. The molecule has 1 N–H and O–H groups in total. The number of carbonyl (C=O) groups excluding carboxylic acids is 1. The number of anilines is 1. The predicted octanol–water partition coefficient (Wildman–Crippen LogP) is 0.821. The van der Waals surface area contributed by atoms with E-state index in [0.717, 1.165) is 16.3 Å². The van der Waals surface area contributed by atoms with Crippen molar-refractivity contribution in [3.8, 4) is 0 Å². The van der Waals surface area contributed by atoms with E-state index >= 15 is 0 Å². The molecule has 0 aliphatic heterocycles. The van der Waals surface area contributed by atoms with E-state index in [-0.39, 0.29) is 12.3 Å². The molecular weight excluding hydrogens is 338 g/mol. The van der Waals surface area contributed by atoms with Crippen LogP contribution in [0.25, 0.3) is 11.0 Å². The zero-order valence-electron chi connectivity index (χ0n) is 12.4.